The zero-order valence-corrected chi connectivity index (χ0v) is 16.9. The number of carbonyl (C=O) groups excluding carboxylic acids is 1. The first-order chi connectivity index (χ1) is 14.8. The first-order valence-electron chi connectivity index (χ1n) is 10.6. The maximum atomic E-state index is 12.5. The predicted molar refractivity (Wildman–Crippen MR) is 107 cm³/mol. The van der Waals surface area contributed by atoms with Gasteiger partial charge in [0.05, 0.1) is 0 Å². The molecule has 2 aromatic heterocycles. The van der Waals surface area contributed by atoms with Crippen molar-refractivity contribution in [2.24, 2.45) is 5.41 Å². The summed E-state index contributed by atoms with van der Waals surface area (Å²) < 4.78 is 37.4. The third kappa shape index (κ3) is 3.92. The number of nitrogens with zero attached hydrogens (tertiary/aromatic N) is 4. The number of aromatic amines is 1. The zero-order chi connectivity index (χ0) is 21.6. The van der Waals surface area contributed by atoms with Crippen LogP contribution in [0, 0.1) is 5.41 Å². The summed E-state index contributed by atoms with van der Waals surface area (Å²) in [6.45, 7) is 0.529. The van der Waals surface area contributed by atoms with Crippen LogP contribution in [0.3, 0.4) is 0 Å². The summed E-state index contributed by atoms with van der Waals surface area (Å²) in [5, 5.41) is 12.7. The van der Waals surface area contributed by atoms with Gasteiger partial charge in [-0.05, 0) is 31.7 Å². The van der Waals surface area contributed by atoms with Gasteiger partial charge in [-0.2, -0.15) is 23.3 Å². The number of rotatable bonds is 6. The van der Waals surface area contributed by atoms with Crippen LogP contribution in [0.25, 0.3) is 0 Å². The van der Waals surface area contributed by atoms with Gasteiger partial charge in [-0.1, -0.05) is 12.8 Å². The number of H-pyrrole nitrogens is 1. The Kier molecular flexibility index (Phi) is 4.78. The monoisotopic (exact) mass is 435 g/mol. The summed E-state index contributed by atoms with van der Waals surface area (Å²) >= 11 is 0. The maximum Gasteiger partial charge on any atom is 0.471 e. The van der Waals surface area contributed by atoms with Gasteiger partial charge in [0.25, 0.3) is 0 Å². The van der Waals surface area contributed by atoms with E-state index in [1.165, 1.54) is 25.7 Å². The van der Waals surface area contributed by atoms with Crippen molar-refractivity contribution < 1.29 is 18.0 Å². The number of amides is 1. The molecule has 0 unspecified atom stereocenters. The van der Waals surface area contributed by atoms with E-state index in [9.17, 15) is 18.0 Å². The lowest BCUT2D eigenvalue weighted by Crippen LogP contribution is -2.47. The largest absolute Gasteiger partial charge is 0.471 e. The van der Waals surface area contributed by atoms with E-state index in [-0.39, 0.29) is 18.0 Å². The highest BCUT2D eigenvalue weighted by Gasteiger charge is 2.56. The minimum Gasteiger partial charge on any atom is -0.348 e. The molecule has 3 N–H and O–H groups in total. The van der Waals surface area contributed by atoms with Gasteiger partial charge in [0.2, 0.25) is 5.95 Å². The van der Waals surface area contributed by atoms with Crippen LogP contribution in [0.4, 0.5) is 30.8 Å². The van der Waals surface area contributed by atoms with Crippen LogP contribution < -0.4 is 15.5 Å². The average molecular weight is 435 g/mol. The van der Waals surface area contributed by atoms with Gasteiger partial charge >= 0.3 is 12.1 Å². The fourth-order valence-electron chi connectivity index (χ4n) is 5.12. The van der Waals surface area contributed by atoms with Crippen molar-refractivity contribution in [2.75, 3.05) is 23.3 Å². The second kappa shape index (κ2) is 7.38. The summed E-state index contributed by atoms with van der Waals surface area (Å²) in [7, 11) is 0. The van der Waals surface area contributed by atoms with Crippen LogP contribution in [0.2, 0.25) is 0 Å². The normalized spacial score (nSPS) is 25.5. The second-order valence-corrected chi connectivity index (χ2v) is 8.93. The first kappa shape index (κ1) is 20.1. The van der Waals surface area contributed by atoms with Crippen LogP contribution in [0.5, 0.6) is 0 Å². The van der Waals surface area contributed by atoms with Gasteiger partial charge in [0.1, 0.15) is 5.82 Å². The SMILES string of the molecule is O=C(NCC12CC(C1)N(c1nccc(Nc3cc(C4CCCC4)[nH]n3)n1)C2)C(F)(F)F. The third-order valence-electron chi connectivity index (χ3n) is 6.71. The highest BCUT2D eigenvalue weighted by molar-refractivity contribution is 5.81. The molecule has 2 saturated carbocycles. The molecular weight excluding hydrogens is 411 g/mol. The van der Waals surface area contributed by atoms with Crippen LogP contribution in [-0.4, -0.2) is 51.4 Å². The van der Waals surface area contributed by atoms with E-state index in [0.717, 1.165) is 18.5 Å². The van der Waals surface area contributed by atoms with E-state index in [1.807, 2.05) is 16.3 Å². The van der Waals surface area contributed by atoms with Crippen molar-refractivity contribution in [2.45, 2.75) is 56.7 Å². The molecular formula is C20H24F3N7O. The number of aromatic nitrogens is 4. The van der Waals surface area contributed by atoms with Crippen molar-refractivity contribution in [1.82, 2.24) is 25.5 Å². The molecule has 8 nitrogen and oxygen atoms in total. The summed E-state index contributed by atoms with van der Waals surface area (Å²) in [6, 6.07) is 3.95. The van der Waals surface area contributed by atoms with Gasteiger partial charge in [-0.3, -0.25) is 9.89 Å². The number of hydrogen-bond acceptors (Lipinski definition) is 6. The number of carbonyl (C=O) groups is 1. The molecule has 2 aromatic rings. The fourth-order valence-corrected chi connectivity index (χ4v) is 5.12. The summed E-state index contributed by atoms with van der Waals surface area (Å²) in [5.74, 6) is 0.487. The summed E-state index contributed by atoms with van der Waals surface area (Å²) in [6.07, 6.45) is 3.10. The third-order valence-corrected chi connectivity index (χ3v) is 6.71. The Morgan fingerprint density at radius 3 is 2.77 bits per heavy atom. The van der Waals surface area contributed by atoms with Crippen molar-refractivity contribution in [3.63, 3.8) is 0 Å². The fraction of sp³-hybridized carbons (Fsp3) is 0.600. The van der Waals surface area contributed by atoms with Crippen molar-refractivity contribution in [1.29, 1.82) is 0 Å². The molecule has 6 rings (SSSR count). The van der Waals surface area contributed by atoms with Crippen molar-refractivity contribution in [3.8, 4) is 0 Å². The predicted octanol–water partition coefficient (Wildman–Crippen LogP) is 3.25. The molecule has 31 heavy (non-hydrogen) atoms. The van der Waals surface area contributed by atoms with Gasteiger partial charge in [0, 0.05) is 48.4 Å². The van der Waals surface area contributed by atoms with E-state index in [0.29, 0.717) is 30.0 Å². The molecule has 0 spiro atoms. The van der Waals surface area contributed by atoms with Gasteiger partial charge in [-0.25, -0.2) is 4.98 Å². The second-order valence-electron chi connectivity index (χ2n) is 8.93. The van der Waals surface area contributed by atoms with E-state index < -0.39 is 12.1 Å². The Labute approximate surface area is 177 Å². The number of anilines is 3. The van der Waals surface area contributed by atoms with Crippen molar-refractivity contribution >= 4 is 23.5 Å². The van der Waals surface area contributed by atoms with Crippen LogP contribution >= 0.6 is 0 Å². The highest BCUT2D eigenvalue weighted by Crippen LogP contribution is 2.52. The van der Waals surface area contributed by atoms with Crippen LogP contribution in [0.1, 0.15) is 50.1 Å². The van der Waals surface area contributed by atoms with E-state index in [1.54, 1.807) is 12.3 Å². The Morgan fingerprint density at radius 2 is 2.03 bits per heavy atom. The highest BCUT2D eigenvalue weighted by atomic mass is 19.4. The summed E-state index contributed by atoms with van der Waals surface area (Å²) in [4.78, 5) is 22.1. The molecule has 2 aliphatic heterocycles. The Bertz CT molecular complexity index is 964. The standard InChI is InChI=1S/C20H24F3N7O/c21-20(22,23)17(31)25-10-19-8-13(9-19)30(11-19)18-24-6-5-15(27-18)26-16-7-14(28-29-16)12-3-1-2-4-12/h5-7,12-13H,1-4,8-11H2,(H,25,31)(H2,24,26,27,28,29). The Hall–Kier alpha value is -2.85. The van der Waals surface area contributed by atoms with E-state index in [2.05, 4.69) is 25.5 Å². The number of fused-ring (bicyclic) bond motifs is 1. The van der Waals surface area contributed by atoms with Crippen LogP contribution in [0.15, 0.2) is 18.3 Å². The van der Waals surface area contributed by atoms with Gasteiger partial charge in [0.15, 0.2) is 5.82 Å². The number of hydrogen-bond donors (Lipinski definition) is 3. The van der Waals surface area contributed by atoms with Crippen molar-refractivity contribution in [3.05, 3.63) is 24.0 Å². The minimum absolute atomic E-state index is 0.00744. The van der Waals surface area contributed by atoms with Gasteiger partial charge in [-0.15, -0.1) is 0 Å². The summed E-state index contributed by atoms with van der Waals surface area (Å²) in [5.41, 5.74) is 0.786. The molecule has 4 aliphatic rings. The molecule has 166 valence electrons. The first-order valence-corrected chi connectivity index (χ1v) is 10.6. The van der Waals surface area contributed by atoms with Gasteiger partial charge < -0.3 is 15.5 Å². The average Bonchev–Trinajstić information content (AvgIpc) is 3.47. The lowest BCUT2D eigenvalue weighted by molar-refractivity contribution is -0.174. The number of nitrogens with one attached hydrogen (secondary N) is 3. The Morgan fingerprint density at radius 1 is 1.26 bits per heavy atom. The van der Waals surface area contributed by atoms with Crippen LogP contribution in [-0.2, 0) is 4.79 Å². The molecule has 0 radical (unpaired) electrons. The number of alkyl halides is 3. The molecule has 11 heteroatoms. The zero-order valence-electron chi connectivity index (χ0n) is 16.9. The number of halogens is 3. The molecule has 4 heterocycles. The topological polar surface area (TPSA) is 98.8 Å². The molecule has 2 saturated heterocycles. The molecule has 4 fully saturated rings. The quantitative estimate of drug-likeness (QED) is 0.644. The minimum atomic E-state index is -4.86. The Balaban J connectivity index is 1.22. The lowest BCUT2D eigenvalue weighted by atomic mass is 9.70. The molecule has 2 bridgehead atoms. The van der Waals surface area contributed by atoms with E-state index in [4.69, 9.17) is 0 Å². The molecule has 2 aliphatic carbocycles. The van der Waals surface area contributed by atoms with E-state index >= 15 is 0 Å². The smallest absolute Gasteiger partial charge is 0.348 e. The molecule has 0 atom stereocenters. The maximum absolute atomic E-state index is 12.5. The molecule has 0 aromatic carbocycles. The lowest BCUT2D eigenvalue weighted by Gasteiger charge is -2.36. The molecule has 1 amide bonds.